The molecule has 0 radical (unpaired) electrons. The second-order valence-electron chi connectivity index (χ2n) is 7.53. The van der Waals surface area contributed by atoms with E-state index in [4.69, 9.17) is 19.4 Å². The van der Waals surface area contributed by atoms with Crippen LogP contribution in [0.2, 0.25) is 0 Å². The second-order valence-corrected chi connectivity index (χ2v) is 7.53. The highest BCUT2D eigenvalue weighted by Crippen LogP contribution is 2.36. The van der Waals surface area contributed by atoms with Crippen LogP contribution >= 0.6 is 0 Å². The number of nitrogens with one attached hydrogen (secondary N) is 1. The minimum absolute atomic E-state index is 0.0230. The van der Waals surface area contributed by atoms with Gasteiger partial charge >= 0.3 is 18.1 Å². The molecule has 31 heavy (non-hydrogen) atoms. The maximum atomic E-state index is 11.4. The summed E-state index contributed by atoms with van der Waals surface area (Å²) in [5, 5.41) is 20.3. The van der Waals surface area contributed by atoms with Crippen LogP contribution in [-0.2, 0) is 31.1 Å². The van der Waals surface area contributed by atoms with Crippen LogP contribution in [0.3, 0.4) is 0 Å². The number of carbonyl (C=O) groups is 2. The van der Waals surface area contributed by atoms with Crippen molar-refractivity contribution in [1.82, 2.24) is 5.32 Å². The molecule has 7 nitrogen and oxygen atoms in total. The summed E-state index contributed by atoms with van der Waals surface area (Å²) in [5.41, 5.74) is 1.76. The Morgan fingerprint density at radius 2 is 1.84 bits per heavy atom. The molecule has 1 saturated carbocycles. The Kier molecular flexibility index (Phi) is 8.42. The van der Waals surface area contributed by atoms with E-state index < -0.39 is 17.6 Å². The topological polar surface area (TPSA) is 109 Å². The van der Waals surface area contributed by atoms with Crippen molar-refractivity contribution >= 4 is 11.9 Å². The van der Waals surface area contributed by atoms with Crippen LogP contribution in [-0.4, -0.2) is 49.5 Å². The fraction of sp³-hybridized carbons (Fsp3) is 0.571. The predicted molar refractivity (Wildman–Crippen MR) is 103 cm³/mol. The summed E-state index contributed by atoms with van der Waals surface area (Å²) in [6, 6.07) is 10.7. The molecule has 0 atom stereocenters. The quantitative estimate of drug-likeness (QED) is 0.675. The van der Waals surface area contributed by atoms with Gasteiger partial charge < -0.3 is 19.9 Å². The third-order valence-corrected chi connectivity index (χ3v) is 5.55. The summed E-state index contributed by atoms with van der Waals surface area (Å²) in [6.45, 7) is 2.23. The Balaban J connectivity index is 0.000000423. The Morgan fingerprint density at radius 1 is 1.26 bits per heavy atom. The molecule has 0 amide bonds. The maximum absolute atomic E-state index is 11.4. The van der Waals surface area contributed by atoms with Crippen molar-refractivity contribution in [1.29, 1.82) is 5.26 Å². The molecule has 2 aliphatic rings. The molecule has 0 spiro atoms. The van der Waals surface area contributed by atoms with Crippen LogP contribution < -0.4 is 5.32 Å². The number of piperidine rings is 1. The molecular weight excluding hydrogens is 417 g/mol. The summed E-state index contributed by atoms with van der Waals surface area (Å²) < 4.78 is 42.5. The van der Waals surface area contributed by atoms with Gasteiger partial charge in [0.15, 0.2) is 0 Å². The SMILES string of the molecule is COC(=O)[C@H]1C[C@H](OCc2ccccc2C2(C#N)CCNCC2)C1.O=C(O)C(F)(F)F. The number of nitrogens with zero attached hydrogens (tertiary/aromatic N) is 1. The number of nitriles is 1. The van der Waals surface area contributed by atoms with E-state index in [0.717, 1.165) is 49.9 Å². The van der Waals surface area contributed by atoms with E-state index in [1.807, 2.05) is 18.2 Å². The van der Waals surface area contributed by atoms with Crippen LogP contribution in [0.25, 0.3) is 0 Å². The summed E-state index contributed by atoms with van der Waals surface area (Å²) in [6.07, 6.45) is -1.87. The van der Waals surface area contributed by atoms with Gasteiger partial charge in [-0.1, -0.05) is 24.3 Å². The Bertz CT molecular complexity index is 810. The molecule has 1 saturated heterocycles. The van der Waals surface area contributed by atoms with Gasteiger partial charge in [0.2, 0.25) is 0 Å². The molecule has 0 bridgehead atoms. The van der Waals surface area contributed by atoms with Crippen LogP contribution in [0.4, 0.5) is 13.2 Å². The largest absolute Gasteiger partial charge is 0.490 e. The van der Waals surface area contributed by atoms with Crippen molar-refractivity contribution < 1.29 is 37.3 Å². The number of rotatable bonds is 5. The van der Waals surface area contributed by atoms with Crippen molar-refractivity contribution in [2.75, 3.05) is 20.2 Å². The average Bonchev–Trinajstić information content (AvgIpc) is 2.73. The first-order valence-electron chi connectivity index (χ1n) is 9.83. The number of halogens is 3. The number of aliphatic carboxylic acids is 1. The highest BCUT2D eigenvalue weighted by Gasteiger charge is 2.39. The molecule has 1 heterocycles. The van der Waals surface area contributed by atoms with Crippen molar-refractivity contribution in [2.45, 2.75) is 50.0 Å². The number of carbonyl (C=O) groups excluding carboxylic acids is 1. The lowest BCUT2D eigenvalue weighted by molar-refractivity contribution is -0.192. The number of benzene rings is 1. The fourth-order valence-electron chi connectivity index (χ4n) is 3.68. The van der Waals surface area contributed by atoms with Gasteiger partial charge in [-0.05, 0) is 49.9 Å². The monoisotopic (exact) mass is 442 g/mol. The van der Waals surface area contributed by atoms with Gasteiger partial charge in [-0.15, -0.1) is 0 Å². The normalized spacial score (nSPS) is 22.2. The average molecular weight is 442 g/mol. The summed E-state index contributed by atoms with van der Waals surface area (Å²) in [5.74, 6) is -2.92. The maximum Gasteiger partial charge on any atom is 0.490 e. The third-order valence-electron chi connectivity index (χ3n) is 5.55. The number of esters is 1. The molecule has 1 aromatic carbocycles. The molecule has 1 aromatic rings. The predicted octanol–water partition coefficient (Wildman–Crippen LogP) is 2.93. The number of carboxylic acids is 1. The van der Waals surface area contributed by atoms with Crippen molar-refractivity contribution in [2.24, 2.45) is 5.92 Å². The van der Waals surface area contributed by atoms with Gasteiger partial charge in [0, 0.05) is 0 Å². The Morgan fingerprint density at radius 3 is 2.35 bits per heavy atom. The molecule has 0 unspecified atom stereocenters. The molecule has 2 fully saturated rings. The minimum Gasteiger partial charge on any atom is -0.475 e. The molecular formula is C21H25F3N2O5. The lowest BCUT2D eigenvalue weighted by Gasteiger charge is -2.35. The van der Waals surface area contributed by atoms with Crippen LogP contribution in [0.15, 0.2) is 24.3 Å². The van der Waals surface area contributed by atoms with Gasteiger partial charge in [-0.2, -0.15) is 18.4 Å². The van der Waals surface area contributed by atoms with E-state index in [1.54, 1.807) is 0 Å². The number of ether oxygens (including phenoxy) is 2. The highest BCUT2D eigenvalue weighted by atomic mass is 19.4. The molecule has 1 aliphatic heterocycles. The van der Waals surface area contributed by atoms with E-state index in [2.05, 4.69) is 17.5 Å². The van der Waals surface area contributed by atoms with Gasteiger partial charge in [-0.25, -0.2) is 4.79 Å². The van der Waals surface area contributed by atoms with E-state index in [1.165, 1.54) is 7.11 Å². The van der Waals surface area contributed by atoms with Crippen molar-refractivity contribution in [3.05, 3.63) is 35.4 Å². The van der Waals surface area contributed by atoms with Gasteiger partial charge in [0.25, 0.3) is 0 Å². The van der Waals surface area contributed by atoms with E-state index in [-0.39, 0.29) is 18.0 Å². The molecule has 170 valence electrons. The standard InChI is InChI=1S/C19H24N2O3.C2HF3O2/c1-23-18(22)15-10-16(11-15)24-12-14-4-2-3-5-17(14)19(13-20)6-8-21-9-7-19;3-2(4,5)1(6)7/h2-5,15-16,21H,6-12H2,1H3;(H,6,7)/t15-,16-;. The van der Waals surface area contributed by atoms with Gasteiger partial charge in [0.05, 0.1) is 37.2 Å². The smallest absolute Gasteiger partial charge is 0.475 e. The van der Waals surface area contributed by atoms with E-state index in [9.17, 15) is 23.2 Å². The van der Waals surface area contributed by atoms with Crippen LogP contribution in [0.1, 0.15) is 36.8 Å². The van der Waals surface area contributed by atoms with Gasteiger partial charge in [-0.3, -0.25) is 4.79 Å². The lowest BCUT2D eigenvalue weighted by Crippen LogP contribution is -2.40. The van der Waals surface area contributed by atoms with Crippen LogP contribution in [0, 0.1) is 17.2 Å². The zero-order valence-electron chi connectivity index (χ0n) is 17.1. The van der Waals surface area contributed by atoms with Crippen molar-refractivity contribution in [3.8, 4) is 6.07 Å². The molecule has 10 heteroatoms. The Labute approximate surface area is 178 Å². The molecule has 1 aliphatic carbocycles. The second kappa shape index (κ2) is 10.6. The number of alkyl halides is 3. The first kappa shape index (κ1) is 24.6. The first-order chi connectivity index (χ1) is 14.6. The zero-order valence-corrected chi connectivity index (χ0v) is 17.1. The highest BCUT2D eigenvalue weighted by molar-refractivity contribution is 5.73. The van der Waals surface area contributed by atoms with Crippen LogP contribution in [0.5, 0.6) is 0 Å². The minimum atomic E-state index is -5.08. The summed E-state index contributed by atoms with van der Waals surface area (Å²) in [4.78, 5) is 20.3. The van der Waals surface area contributed by atoms with Crippen molar-refractivity contribution in [3.63, 3.8) is 0 Å². The number of carboxylic acid groups (broad SMARTS) is 1. The van der Waals surface area contributed by atoms with E-state index in [0.29, 0.717) is 6.61 Å². The third kappa shape index (κ3) is 6.42. The fourth-order valence-corrected chi connectivity index (χ4v) is 3.68. The number of hydrogen-bond donors (Lipinski definition) is 2. The first-order valence-corrected chi connectivity index (χ1v) is 9.83. The molecule has 0 aromatic heterocycles. The molecule has 2 N–H and O–H groups in total. The lowest BCUT2D eigenvalue weighted by atomic mass is 9.73. The Hall–Kier alpha value is -2.64. The summed E-state index contributed by atoms with van der Waals surface area (Å²) in [7, 11) is 1.42. The van der Waals surface area contributed by atoms with E-state index >= 15 is 0 Å². The number of hydrogen-bond acceptors (Lipinski definition) is 6. The molecule has 3 rings (SSSR count). The zero-order chi connectivity index (χ0) is 23.1. The summed E-state index contributed by atoms with van der Waals surface area (Å²) >= 11 is 0. The number of methoxy groups -OCH3 is 1. The van der Waals surface area contributed by atoms with Gasteiger partial charge in [0.1, 0.15) is 0 Å².